The van der Waals surface area contributed by atoms with Gasteiger partial charge < -0.3 is 20.5 Å². The second-order valence-corrected chi connectivity index (χ2v) is 5.73. The number of amides is 1. The Hall–Kier alpha value is -2.82. The van der Waals surface area contributed by atoms with Gasteiger partial charge in [-0.2, -0.15) is 15.2 Å². The molecule has 1 aliphatic rings. The third-order valence-electron chi connectivity index (χ3n) is 4.27. The summed E-state index contributed by atoms with van der Waals surface area (Å²) in [6, 6.07) is 3.98. The Kier molecular flexibility index (Phi) is 4.02. The molecule has 2 aromatic heterocycles. The molecule has 1 atom stereocenters. The van der Waals surface area contributed by atoms with E-state index in [0.717, 1.165) is 24.0 Å². The maximum Gasteiger partial charge on any atom is 0.236 e. The van der Waals surface area contributed by atoms with E-state index >= 15 is 0 Å². The van der Waals surface area contributed by atoms with Crippen LogP contribution in [-0.2, 0) is 4.79 Å². The summed E-state index contributed by atoms with van der Waals surface area (Å²) in [5.41, 5.74) is 6.50. The predicted octanol–water partition coefficient (Wildman–Crippen LogP) is 0.881. The first-order chi connectivity index (χ1) is 11.1. The van der Waals surface area contributed by atoms with Gasteiger partial charge in [0.25, 0.3) is 0 Å². The zero-order chi connectivity index (χ0) is 16.4. The van der Waals surface area contributed by atoms with Crippen LogP contribution >= 0.6 is 0 Å². The number of nitrogens with zero attached hydrogens (tertiary/aromatic N) is 5. The number of rotatable bonds is 3. The summed E-state index contributed by atoms with van der Waals surface area (Å²) in [7, 11) is 1.96. The third kappa shape index (κ3) is 2.90. The average molecular weight is 313 g/mol. The summed E-state index contributed by atoms with van der Waals surface area (Å²) in [5.74, 6) is 0.864. The highest BCUT2D eigenvalue weighted by Gasteiger charge is 2.27. The summed E-state index contributed by atoms with van der Waals surface area (Å²) in [6.45, 7) is 1.29. The second kappa shape index (κ2) is 6.12. The van der Waals surface area contributed by atoms with Crippen LogP contribution in [0.1, 0.15) is 19.3 Å². The number of carbonyl (C=O) groups excluding carboxylic acids is 1. The van der Waals surface area contributed by atoms with Gasteiger partial charge in [0.05, 0.1) is 11.5 Å². The minimum Gasteiger partial charge on any atom is -0.368 e. The molecular formula is C15H19N7O. The van der Waals surface area contributed by atoms with Crippen molar-refractivity contribution in [1.82, 2.24) is 19.9 Å². The van der Waals surface area contributed by atoms with Crippen molar-refractivity contribution in [2.24, 2.45) is 0 Å². The zero-order valence-corrected chi connectivity index (χ0v) is 13.0. The number of nitrogens with two attached hydrogens (primary N) is 1. The fraction of sp³-hybridized carbons (Fsp3) is 0.467. The highest BCUT2D eigenvalue weighted by Crippen LogP contribution is 2.27. The number of nitriles is 1. The molecule has 3 heterocycles. The van der Waals surface area contributed by atoms with Crippen molar-refractivity contribution in [1.29, 1.82) is 5.26 Å². The lowest BCUT2D eigenvalue weighted by atomic mass is 10.0. The molecule has 3 N–H and O–H groups in total. The summed E-state index contributed by atoms with van der Waals surface area (Å²) in [4.78, 5) is 27.4. The normalized spacial score (nSPS) is 17.9. The molecule has 0 aromatic carbocycles. The number of nitrogens with one attached hydrogen (secondary N) is 1. The van der Waals surface area contributed by atoms with E-state index < -0.39 is 0 Å². The van der Waals surface area contributed by atoms with E-state index in [1.165, 1.54) is 0 Å². The van der Waals surface area contributed by atoms with Crippen molar-refractivity contribution in [3.8, 4) is 6.07 Å². The van der Waals surface area contributed by atoms with Crippen LogP contribution in [0.25, 0.3) is 11.0 Å². The molecule has 1 fully saturated rings. The molecule has 120 valence electrons. The molecule has 0 saturated carbocycles. The van der Waals surface area contributed by atoms with Crippen molar-refractivity contribution in [3.05, 3.63) is 12.3 Å². The molecule has 0 bridgehead atoms. The predicted molar refractivity (Wildman–Crippen MR) is 86.5 cm³/mol. The number of piperidine rings is 1. The van der Waals surface area contributed by atoms with Crippen LogP contribution in [-0.4, -0.2) is 51.9 Å². The molecule has 1 saturated heterocycles. The highest BCUT2D eigenvalue weighted by molar-refractivity contribution is 5.88. The zero-order valence-electron chi connectivity index (χ0n) is 13.0. The Morgan fingerprint density at radius 1 is 1.61 bits per heavy atom. The number of likely N-dealkylation sites (N-methyl/N-ethyl adjacent to an activating group) is 1. The number of anilines is 2. The van der Waals surface area contributed by atoms with Gasteiger partial charge in [0.1, 0.15) is 17.9 Å². The van der Waals surface area contributed by atoms with Crippen LogP contribution < -0.4 is 10.6 Å². The highest BCUT2D eigenvalue weighted by atomic mass is 16.2. The van der Waals surface area contributed by atoms with Crippen molar-refractivity contribution in [2.45, 2.75) is 25.3 Å². The van der Waals surface area contributed by atoms with Crippen LogP contribution in [0.3, 0.4) is 0 Å². The van der Waals surface area contributed by atoms with Crippen molar-refractivity contribution < 1.29 is 4.79 Å². The van der Waals surface area contributed by atoms with Crippen LogP contribution in [0.15, 0.2) is 12.3 Å². The fourth-order valence-corrected chi connectivity index (χ4v) is 3.06. The maximum atomic E-state index is 12.0. The number of hydrogen-bond acceptors (Lipinski definition) is 6. The first-order valence-electron chi connectivity index (χ1n) is 7.58. The molecule has 1 aliphatic heterocycles. The van der Waals surface area contributed by atoms with Crippen LogP contribution in [0, 0.1) is 11.3 Å². The van der Waals surface area contributed by atoms with E-state index in [-0.39, 0.29) is 24.3 Å². The number of fused-ring (bicyclic) bond motifs is 1. The monoisotopic (exact) mass is 313 g/mol. The molecule has 23 heavy (non-hydrogen) atoms. The Morgan fingerprint density at radius 3 is 3.22 bits per heavy atom. The number of aromatic amines is 1. The maximum absolute atomic E-state index is 12.0. The Bertz CT molecular complexity index is 763. The number of carbonyl (C=O) groups is 1. The number of aromatic nitrogens is 3. The quantitative estimate of drug-likeness (QED) is 0.869. The standard InChI is InChI=1S/C15H19N7O/c1-21(10-3-2-8-22(9-10)12(23)4-6-16)14-11-5-7-18-13(11)19-15(17)20-14/h5,7,10H,2-4,8-9H2,1H3,(H3,17,18,19,20)/t10-/m1/s1. The lowest BCUT2D eigenvalue weighted by Gasteiger charge is -2.38. The largest absolute Gasteiger partial charge is 0.368 e. The Balaban J connectivity index is 1.84. The number of nitrogen functional groups attached to an aromatic ring is 1. The first kappa shape index (κ1) is 15.1. The molecule has 1 amide bonds. The van der Waals surface area contributed by atoms with E-state index in [4.69, 9.17) is 11.0 Å². The van der Waals surface area contributed by atoms with Crippen LogP contribution in [0.4, 0.5) is 11.8 Å². The van der Waals surface area contributed by atoms with Gasteiger partial charge in [-0.3, -0.25) is 4.79 Å². The van der Waals surface area contributed by atoms with Crippen molar-refractivity contribution in [3.63, 3.8) is 0 Å². The van der Waals surface area contributed by atoms with E-state index in [0.29, 0.717) is 18.7 Å². The van der Waals surface area contributed by atoms with Gasteiger partial charge in [-0.25, -0.2) is 0 Å². The molecule has 2 aromatic rings. The van der Waals surface area contributed by atoms with Gasteiger partial charge in [0, 0.05) is 32.4 Å². The topological polar surface area (TPSA) is 115 Å². The molecule has 0 spiro atoms. The fourth-order valence-electron chi connectivity index (χ4n) is 3.06. The Labute approximate surface area is 133 Å². The summed E-state index contributed by atoms with van der Waals surface area (Å²) < 4.78 is 0. The number of H-pyrrole nitrogens is 1. The van der Waals surface area contributed by atoms with E-state index in [9.17, 15) is 4.79 Å². The molecule has 8 heteroatoms. The lowest BCUT2D eigenvalue weighted by Crippen LogP contribution is -2.49. The van der Waals surface area contributed by atoms with Gasteiger partial charge in [-0.1, -0.05) is 0 Å². The molecule has 8 nitrogen and oxygen atoms in total. The van der Waals surface area contributed by atoms with E-state index in [1.807, 2.05) is 19.2 Å². The smallest absolute Gasteiger partial charge is 0.236 e. The van der Waals surface area contributed by atoms with E-state index in [2.05, 4.69) is 19.9 Å². The summed E-state index contributed by atoms with van der Waals surface area (Å²) in [5, 5.41) is 9.61. The third-order valence-corrected chi connectivity index (χ3v) is 4.27. The lowest BCUT2D eigenvalue weighted by molar-refractivity contribution is -0.131. The minimum atomic E-state index is -0.111. The van der Waals surface area contributed by atoms with Crippen molar-refractivity contribution >= 4 is 28.7 Å². The van der Waals surface area contributed by atoms with Gasteiger partial charge in [-0.05, 0) is 18.9 Å². The van der Waals surface area contributed by atoms with E-state index in [1.54, 1.807) is 11.1 Å². The molecule has 0 unspecified atom stereocenters. The van der Waals surface area contributed by atoms with Crippen molar-refractivity contribution in [2.75, 3.05) is 30.8 Å². The molecule has 3 rings (SSSR count). The summed E-state index contributed by atoms with van der Waals surface area (Å²) >= 11 is 0. The van der Waals surface area contributed by atoms with Crippen LogP contribution in [0.5, 0.6) is 0 Å². The van der Waals surface area contributed by atoms with Gasteiger partial charge in [-0.15, -0.1) is 0 Å². The van der Waals surface area contributed by atoms with Gasteiger partial charge in [0.2, 0.25) is 11.9 Å². The summed E-state index contributed by atoms with van der Waals surface area (Å²) in [6.07, 6.45) is 3.60. The van der Waals surface area contributed by atoms with Gasteiger partial charge in [0.15, 0.2) is 0 Å². The first-order valence-corrected chi connectivity index (χ1v) is 7.58. The Morgan fingerprint density at radius 2 is 2.43 bits per heavy atom. The molecular weight excluding hydrogens is 294 g/mol. The van der Waals surface area contributed by atoms with Gasteiger partial charge >= 0.3 is 0 Å². The SMILES string of the molecule is CN(c1nc(N)nc2[nH]ccc12)[C@@H]1CCCN(C(=O)CC#N)C1. The number of likely N-dealkylation sites (tertiary alicyclic amines) is 1. The second-order valence-electron chi connectivity index (χ2n) is 5.73. The number of hydrogen-bond donors (Lipinski definition) is 2. The molecule has 0 radical (unpaired) electrons. The van der Waals surface area contributed by atoms with Crippen LogP contribution in [0.2, 0.25) is 0 Å². The minimum absolute atomic E-state index is 0.0705. The molecule has 0 aliphatic carbocycles. The average Bonchev–Trinajstić information content (AvgIpc) is 3.02.